The van der Waals surface area contributed by atoms with Crippen LogP contribution in [0.5, 0.6) is 11.5 Å². The molecule has 5 nitrogen and oxygen atoms in total. The van der Waals surface area contributed by atoms with Crippen LogP contribution in [0.1, 0.15) is 0 Å². The number of benzene rings is 3. The lowest BCUT2D eigenvalue weighted by molar-refractivity contribution is 0.283. The van der Waals surface area contributed by atoms with Gasteiger partial charge in [-0.05, 0) is 17.2 Å². The molecule has 0 fully saturated rings. The molecular formula is C18H15O5P. The van der Waals surface area contributed by atoms with Crippen LogP contribution in [0.25, 0.3) is 22.3 Å². The average molecular weight is 342 g/mol. The Morgan fingerprint density at radius 1 is 0.750 bits per heavy atom. The summed E-state index contributed by atoms with van der Waals surface area (Å²) in [5, 5.41) is 10.3. The fraction of sp³-hybridized carbons (Fsp3) is 0. The van der Waals surface area contributed by atoms with Gasteiger partial charge in [0.25, 0.3) is 0 Å². The third-order valence-electron chi connectivity index (χ3n) is 3.48. The first kappa shape index (κ1) is 16.3. The third-order valence-corrected chi connectivity index (χ3v) is 3.92. The summed E-state index contributed by atoms with van der Waals surface area (Å²) in [6.07, 6.45) is 0. The third kappa shape index (κ3) is 3.66. The van der Waals surface area contributed by atoms with Gasteiger partial charge >= 0.3 is 7.82 Å². The number of phosphoric acid groups is 1. The Labute approximate surface area is 139 Å². The number of hydrogen-bond acceptors (Lipinski definition) is 3. The van der Waals surface area contributed by atoms with Crippen molar-refractivity contribution < 1.29 is 24.0 Å². The van der Waals surface area contributed by atoms with Crippen molar-refractivity contribution in [3.63, 3.8) is 0 Å². The summed E-state index contributed by atoms with van der Waals surface area (Å²) in [5.74, 6) is -0.198. The quantitative estimate of drug-likeness (QED) is 0.619. The minimum Gasteiger partial charge on any atom is -0.507 e. The van der Waals surface area contributed by atoms with Gasteiger partial charge < -0.3 is 9.63 Å². The van der Waals surface area contributed by atoms with Crippen molar-refractivity contribution in [2.24, 2.45) is 0 Å². The van der Waals surface area contributed by atoms with Crippen molar-refractivity contribution in [3.05, 3.63) is 72.8 Å². The number of phenolic OH excluding ortho intramolecular Hbond substituents is 1. The monoisotopic (exact) mass is 342 g/mol. The SMILES string of the molecule is O=P(O)(O)Oc1cc(O)c(-c2ccccc2)cc1-c1ccccc1. The molecule has 122 valence electrons. The Bertz CT molecular complexity index is 888. The summed E-state index contributed by atoms with van der Waals surface area (Å²) in [6, 6.07) is 21.2. The molecule has 3 rings (SSSR count). The Kier molecular flexibility index (Phi) is 4.40. The first-order valence-corrected chi connectivity index (χ1v) is 8.70. The van der Waals surface area contributed by atoms with E-state index in [0.29, 0.717) is 11.1 Å². The molecule has 0 saturated carbocycles. The molecule has 0 bridgehead atoms. The Hall–Kier alpha value is -2.59. The molecule has 0 aliphatic carbocycles. The maximum atomic E-state index is 11.2. The average Bonchev–Trinajstić information content (AvgIpc) is 2.55. The second-order valence-corrected chi connectivity index (χ2v) is 6.34. The second kappa shape index (κ2) is 6.49. The minimum atomic E-state index is -4.75. The van der Waals surface area contributed by atoms with Crippen molar-refractivity contribution >= 4 is 7.82 Å². The highest BCUT2D eigenvalue weighted by Gasteiger charge is 2.21. The van der Waals surface area contributed by atoms with Crippen LogP contribution in [0, 0.1) is 0 Å². The molecule has 0 aliphatic rings. The van der Waals surface area contributed by atoms with E-state index in [2.05, 4.69) is 0 Å². The van der Waals surface area contributed by atoms with Gasteiger partial charge in [0.2, 0.25) is 0 Å². The van der Waals surface area contributed by atoms with Crippen LogP contribution in [0.4, 0.5) is 0 Å². The van der Waals surface area contributed by atoms with E-state index >= 15 is 0 Å². The first-order valence-electron chi connectivity index (χ1n) is 7.17. The normalized spacial score (nSPS) is 11.2. The predicted molar refractivity (Wildman–Crippen MR) is 91.7 cm³/mol. The molecule has 3 N–H and O–H groups in total. The molecule has 0 saturated heterocycles. The van der Waals surface area contributed by atoms with Gasteiger partial charge in [-0.25, -0.2) is 4.57 Å². The van der Waals surface area contributed by atoms with Gasteiger partial charge in [-0.1, -0.05) is 60.7 Å². The molecule has 0 spiro atoms. The number of phenols is 1. The van der Waals surface area contributed by atoms with Crippen LogP contribution in [-0.4, -0.2) is 14.9 Å². The molecule has 3 aromatic rings. The van der Waals surface area contributed by atoms with Crippen molar-refractivity contribution in [2.75, 3.05) is 0 Å². The van der Waals surface area contributed by atoms with Crippen LogP contribution in [-0.2, 0) is 4.57 Å². The molecule has 3 aromatic carbocycles. The Morgan fingerprint density at radius 2 is 1.25 bits per heavy atom. The smallest absolute Gasteiger partial charge is 0.507 e. The molecule has 6 heteroatoms. The number of hydrogen-bond donors (Lipinski definition) is 3. The second-order valence-electron chi connectivity index (χ2n) is 5.18. The standard InChI is InChI=1S/C18H15O5P/c19-17-12-18(23-24(20,21)22)16(14-9-5-2-6-10-14)11-15(17)13-7-3-1-4-8-13/h1-12,19H,(H2,20,21,22). The topological polar surface area (TPSA) is 87.0 Å². The highest BCUT2D eigenvalue weighted by molar-refractivity contribution is 7.46. The molecular weight excluding hydrogens is 327 g/mol. The van der Waals surface area contributed by atoms with E-state index in [1.54, 1.807) is 18.2 Å². The van der Waals surface area contributed by atoms with E-state index in [-0.39, 0.29) is 11.5 Å². The zero-order valence-corrected chi connectivity index (χ0v) is 13.4. The summed E-state index contributed by atoms with van der Waals surface area (Å²) in [6.45, 7) is 0. The first-order chi connectivity index (χ1) is 11.4. The van der Waals surface area contributed by atoms with Crippen LogP contribution in [0.15, 0.2) is 72.8 Å². The van der Waals surface area contributed by atoms with Crippen molar-refractivity contribution in [3.8, 4) is 33.8 Å². The van der Waals surface area contributed by atoms with Gasteiger partial charge in [0, 0.05) is 17.2 Å². The van der Waals surface area contributed by atoms with Gasteiger partial charge in [0.1, 0.15) is 11.5 Å². The van der Waals surface area contributed by atoms with Crippen molar-refractivity contribution in [1.29, 1.82) is 0 Å². The number of aromatic hydroxyl groups is 1. The molecule has 0 radical (unpaired) electrons. The molecule has 24 heavy (non-hydrogen) atoms. The lowest BCUT2D eigenvalue weighted by atomic mass is 9.97. The Morgan fingerprint density at radius 3 is 1.75 bits per heavy atom. The van der Waals surface area contributed by atoms with E-state index < -0.39 is 7.82 Å². The van der Waals surface area contributed by atoms with E-state index in [0.717, 1.165) is 11.1 Å². The fourth-order valence-corrected chi connectivity index (χ4v) is 2.87. The highest BCUT2D eigenvalue weighted by atomic mass is 31.2. The maximum absolute atomic E-state index is 11.2. The molecule has 0 aromatic heterocycles. The van der Waals surface area contributed by atoms with Crippen LogP contribution < -0.4 is 4.52 Å². The highest BCUT2D eigenvalue weighted by Crippen LogP contribution is 2.46. The summed E-state index contributed by atoms with van der Waals surface area (Å²) < 4.78 is 16.0. The van der Waals surface area contributed by atoms with Gasteiger partial charge in [0.15, 0.2) is 0 Å². The predicted octanol–water partition coefficient (Wildman–Crippen LogP) is 4.20. The van der Waals surface area contributed by atoms with Crippen molar-refractivity contribution in [2.45, 2.75) is 0 Å². The summed E-state index contributed by atoms with van der Waals surface area (Å²) in [5.41, 5.74) is 2.54. The fourth-order valence-electron chi connectivity index (χ4n) is 2.46. The van der Waals surface area contributed by atoms with E-state index in [9.17, 15) is 9.67 Å². The number of phosphoric ester groups is 1. The molecule has 0 amide bonds. The van der Waals surface area contributed by atoms with E-state index in [4.69, 9.17) is 14.3 Å². The zero-order valence-electron chi connectivity index (χ0n) is 12.5. The summed E-state index contributed by atoms with van der Waals surface area (Å²) in [7, 11) is -4.75. The molecule has 0 heterocycles. The van der Waals surface area contributed by atoms with Crippen LogP contribution in [0.3, 0.4) is 0 Å². The number of rotatable bonds is 4. The van der Waals surface area contributed by atoms with Gasteiger partial charge in [-0.2, -0.15) is 0 Å². The largest absolute Gasteiger partial charge is 0.524 e. The van der Waals surface area contributed by atoms with Crippen molar-refractivity contribution in [1.82, 2.24) is 0 Å². The minimum absolute atomic E-state index is 0.0771. The Balaban J connectivity index is 2.21. The van der Waals surface area contributed by atoms with Crippen LogP contribution in [0.2, 0.25) is 0 Å². The van der Waals surface area contributed by atoms with Crippen LogP contribution >= 0.6 is 7.82 Å². The maximum Gasteiger partial charge on any atom is 0.524 e. The summed E-state index contributed by atoms with van der Waals surface area (Å²) in [4.78, 5) is 18.3. The lowest BCUT2D eigenvalue weighted by Gasteiger charge is -2.15. The summed E-state index contributed by atoms with van der Waals surface area (Å²) >= 11 is 0. The van der Waals surface area contributed by atoms with E-state index in [1.807, 2.05) is 48.5 Å². The lowest BCUT2D eigenvalue weighted by Crippen LogP contribution is -1.94. The molecule has 0 unspecified atom stereocenters. The molecule has 0 atom stereocenters. The van der Waals surface area contributed by atoms with E-state index in [1.165, 1.54) is 6.07 Å². The van der Waals surface area contributed by atoms with Gasteiger partial charge in [-0.3, -0.25) is 9.79 Å². The van der Waals surface area contributed by atoms with Gasteiger partial charge in [-0.15, -0.1) is 0 Å². The zero-order chi connectivity index (χ0) is 17.2. The molecule has 0 aliphatic heterocycles. The van der Waals surface area contributed by atoms with Gasteiger partial charge in [0.05, 0.1) is 0 Å².